The zero-order valence-electron chi connectivity index (χ0n) is 8.56. The van der Waals surface area contributed by atoms with Gasteiger partial charge >= 0.3 is 0 Å². The van der Waals surface area contributed by atoms with Crippen LogP contribution in [0.2, 0.25) is 5.15 Å². The first kappa shape index (κ1) is 10.6. The van der Waals surface area contributed by atoms with Gasteiger partial charge in [0.15, 0.2) is 11.0 Å². The maximum absolute atomic E-state index is 5.69. The van der Waals surface area contributed by atoms with Gasteiger partial charge in [0.05, 0.1) is 0 Å². The van der Waals surface area contributed by atoms with Crippen molar-refractivity contribution in [2.24, 2.45) is 11.7 Å². The Morgan fingerprint density at radius 2 is 2.33 bits per heavy atom. The molecule has 1 unspecified atom stereocenters. The van der Waals surface area contributed by atoms with Crippen LogP contribution in [0, 0.1) is 5.92 Å². The number of piperidine rings is 1. The molecule has 2 N–H and O–H groups in total. The number of anilines is 1. The van der Waals surface area contributed by atoms with Gasteiger partial charge in [-0.25, -0.2) is 0 Å². The number of rotatable bonds is 2. The monoisotopic (exact) mass is 226 g/mol. The molecule has 1 aliphatic rings. The molecule has 1 atom stereocenters. The Balaban J connectivity index is 2.06. The van der Waals surface area contributed by atoms with E-state index in [1.54, 1.807) is 6.07 Å². The van der Waals surface area contributed by atoms with Gasteiger partial charge in [0, 0.05) is 13.1 Å². The molecule has 15 heavy (non-hydrogen) atoms. The number of aromatic nitrogens is 2. The summed E-state index contributed by atoms with van der Waals surface area (Å²) in [6.07, 6.45) is 2.39. The molecular formula is C10H15ClN4. The third-order valence-electron chi connectivity index (χ3n) is 2.79. The highest BCUT2D eigenvalue weighted by molar-refractivity contribution is 6.29. The molecule has 1 aromatic rings. The molecule has 1 fully saturated rings. The van der Waals surface area contributed by atoms with Crippen molar-refractivity contribution in [2.45, 2.75) is 12.8 Å². The van der Waals surface area contributed by atoms with E-state index in [-0.39, 0.29) is 0 Å². The standard InChI is InChI=1S/C10H15ClN4/c11-9-3-4-10(14-13-9)15-5-1-2-8(6-12)7-15/h3-4,8H,1-2,5-7,12H2. The van der Waals surface area contributed by atoms with Gasteiger partial charge in [-0.3, -0.25) is 0 Å². The molecule has 0 aliphatic carbocycles. The lowest BCUT2D eigenvalue weighted by molar-refractivity contribution is 0.421. The quantitative estimate of drug-likeness (QED) is 0.826. The molecule has 2 rings (SSSR count). The van der Waals surface area contributed by atoms with Gasteiger partial charge in [0.2, 0.25) is 0 Å². The van der Waals surface area contributed by atoms with E-state index in [1.165, 1.54) is 12.8 Å². The van der Waals surface area contributed by atoms with Gasteiger partial charge < -0.3 is 10.6 Å². The summed E-state index contributed by atoms with van der Waals surface area (Å²) >= 11 is 5.69. The second kappa shape index (κ2) is 4.77. The van der Waals surface area contributed by atoms with Crippen molar-refractivity contribution in [2.75, 3.05) is 24.5 Å². The highest BCUT2D eigenvalue weighted by atomic mass is 35.5. The zero-order chi connectivity index (χ0) is 10.7. The first-order valence-corrected chi connectivity index (χ1v) is 5.61. The Labute approximate surface area is 94.4 Å². The van der Waals surface area contributed by atoms with Crippen molar-refractivity contribution in [3.63, 3.8) is 0 Å². The second-order valence-corrected chi connectivity index (χ2v) is 4.29. The SMILES string of the molecule is NCC1CCCN(c2ccc(Cl)nn2)C1. The van der Waals surface area contributed by atoms with E-state index in [9.17, 15) is 0 Å². The number of nitrogens with zero attached hydrogens (tertiary/aromatic N) is 3. The number of hydrogen-bond acceptors (Lipinski definition) is 4. The van der Waals surface area contributed by atoms with Crippen LogP contribution in [0.25, 0.3) is 0 Å². The summed E-state index contributed by atoms with van der Waals surface area (Å²) in [7, 11) is 0. The summed E-state index contributed by atoms with van der Waals surface area (Å²) in [4.78, 5) is 2.23. The normalized spacial score (nSPS) is 21.7. The molecule has 2 heterocycles. The molecule has 1 aliphatic heterocycles. The maximum atomic E-state index is 5.69. The highest BCUT2D eigenvalue weighted by Crippen LogP contribution is 2.20. The van der Waals surface area contributed by atoms with Crippen LogP contribution in [0.5, 0.6) is 0 Å². The van der Waals surface area contributed by atoms with E-state index >= 15 is 0 Å². The fourth-order valence-electron chi connectivity index (χ4n) is 1.94. The molecule has 5 heteroatoms. The Bertz CT molecular complexity index is 314. The maximum Gasteiger partial charge on any atom is 0.151 e. The van der Waals surface area contributed by atoms with Crippen molar-refractivity contribution in [1.29, 1.82) is 0 Å². The Hall–Kier alpha value is -0.870. The molecule has 0 amide bonds. The first-order valence-electron chi connectivity index (χ1n) is 5.24. The summed E-state index contributed by atoms with van der Waals surface area (Å²) in [6.45, 7) is 2.76. The van der Waals surface area contributed by atoms with Gasteiger partial charge in [-0.05, 0) is 37.4 Å². The molecule has 4 nitrogen and oxygen atoms in total. The first-order chi connectivity index (χ1) is 7.29. The smallest absolute Gasteiger partial charge is 0.151 e. The van der Waals surface area contributed by atoms with Gasteiger partial charge in [0.1, 0.15) is 0 Å². The molecule has 0 radical (unpaired) electrons. The van der Waals surface area contributed by atoms with Crippen LogP contribution in [0.1, 0.15) is 12.8 Å². The summed E-state index contributed by atoms with van der Waals surface area (Å²) in [5.41, 5.74) is 5.68. The molecule has 82 valence electrons. The topological polar surface area (TPSA) is 55.0 Å². The van der Waals surface area contributed by atoms with Crippen LogP contribution in [0.15, 0.2) is 12.1 Å². The lowest BCUT2D eigenvalue weighted by Crippen LogP contribution is -2.38. The Kier molecular flexibility index (Phi) is 3.38. The second-order valence-electron chi connectivity index (χ2n) is 3.90. The van der Waals surface area contributed by atoms with Crippen LogP contribution < -0.4 is 10.6 Å². The van der Waals surface area contributed by atoms with E-state index in [2.05, 4.69) is 15.1 Å². The predicted octanol–water partition coefficient (Wildman–Crippen LogP) is 1.31. The van der Waals surface area contributed by atoms with Crippen LogP contribution in [-0.4, -0.2) is 29.8 Å². The summed E-state index contributed by atoms with van der Waals surface area (Å²) in [6, 6.07) is 3.68. The van der Waals surface area contributed by atoms with Crippen LogP contribution in [0.3, 0.4) is 0 Å². The average molecular weight is 227 g/mol. The fourth-order valence-corrected chi connectivity index (χ4v) is 2.04. The van der Waals surface area contributed by atoms with E-state index in [4.69, 9.17) is 17.3 Å². The number of halogens is 1. The minimum atomic E-state index is 0.436. The Morgan fingerprint density at radius 1 is 1.47 bits per heavy atom. The Morgan fingerprint density at radius 3 is 3.00 bits per heavy atom. The molecule has 0 bridgehead atoms. The van der Waals surface area contributed by atoms with Crippen LogP contribution in [0.4, 0.5) is 5.82 Å². The van der Waals surface area contributed by atoms with E-state index in [1.807, 2.05) is 6.07 Å². The van der Waals surface area contributed by atoms with Crippen molar-refractivity contribution < 1.29 is 0 Å². The van der Waals surface area contributed by atoms with E-state index in [0.717, 1.165) is 25.5 Å². The molecule has 1 aromatic heterocycles. The third kappa shape index (κ3) is 2.58. The minimum absolute atomic E-state index is 0.436. The molecule has 0 saturated carbocycles. The zero-order valence-corrected chi connectivity index (χ0v) is 9.32. The molecule has 1 saturated heterocycles. The number of nitrogens with two attached hydrogens (primary N) is 1. The fraction of sp³-hybridized carbons (Fsp3) is 0.600. The lowest BCUT2D eigenvalue weighted by atomic mass is 9.98. The number of hydrogen-bond donors (Lipinski definition) is 1. The molecular weight excluding hydrogens is 212 g/mol. The molecule has 0 spiro atoms. The average Bonchev–Trinajstić information content (AvgIpc) is 2.30. The van der Waals surface area contributed by atoms with Crippen LogP contribution >= 0.6 is 11.6 Å². The van der Waals surface area contributed by atoms with Crippen molar-refractivity contribution in [3.05, 3.63) is 17.3 Å². The third-order valence-corrected chi connectivity index (χ3v) is 3.00. The highest BCUT2D eigenvalue weighted by Gasteiger charge is 2.19. The van der Waals surface area contributed by atoms with E-state index < -0.39 is 0 Å². The van der Waals surface area contributed by atoms with Crippen molar-refractivity contribution in [3.8, 4) is 0 Å². The predicted molar refractivity (Wildman–Crippen MR) is 61.0 cm³/mol. The van der Waals surface area contributed by atoms with Crippen molar-refractivity contribution in [1.82, 2.24) is 10.2 Å². The minimum Gasteiger partial charge on any atom is -0.355 e. The lowest BCUT2D eigenvalue weighted by Gasteiger charge is -2.32. The molecule has 0 aromatic carbocycles. The largest absolute Gasteiger partial charge is 0.355 e. The van der Waals surface area contributed by atoms with Gasteiger partial charge in [-0.15, -0.1) is 10.2 Å². The summed E-state index contributed by atoms with van der Waals surface area (Å²) in [5, 5.41) is 8.36. The summed E-state index contributed by atoms with van der Waals surface area (Å²) in [5.74, 6) is 1.48. The van der Waals surface area contributed by atoms with E-state index in [0.29, 0.717) is 11.1 Å². The van der Waals surface area contributed by atoms with Gasteiger partial charge in [0.25, 0.3) is 0 Å². The van der Waals surface area contributed by atoms with Gasteiger partial charge in [-0.2, -0.15) is 0 Å². The van der Waals surface area contributed by atoms with Crippen molar-refractivity contribution >= 4 is 17.4 Å². The van der Waals surface area contributed by atoms with Gasteiger partial charge in [-0.1, -0.05) is 11.6 Å². The van der Waals surface area contributed by atoms with Crippen LogP contribution in [-0.2, 0) is 0 Å². The summed E-state index contributed by atoms with van der Waals surface area (Å²) < 4.78 is 0.